The molecule has 1 heterocycles. The molecule has 0 atom stereocenters. The molecule has 0 fully saturated rings. The summed E-state index contributed by atoms with van der Waals surface area (Å²) in [5.41, 5.74) is 0.737. The fourth-order valence-corrected chi connectivity index (χ4v) is 1.93. The number of nitriles is 1. The van der Waals surface area contributed by atoms with Crippen LogP contribution in [0.5, 0.6) is 0 Å². The molecular formula is C14H8BrN3O3. The maximum Gasteiger partial charge on any atom is 0.354 e. The topological polar surface area (TPSA) is 103 Å². The van der Waals surface area contributed by atoms with Gasteiger partial charge in [-0.15, -0.1) is 0 Å². The van der Waals surface area contributed by atoms with E-state index in [1.165, 1.54) is 18.3 Å². The fraction of sp³-hybridized carbons (Fsp3) is 0. The zero-order chi connectivity index (χ0) is 15.4. The van der Waals surface area contributed by atoms with Gasteiger partial charge >= 0.3 is 5.97 Å². The highest BCUT2D eigenvalue weighted by Gasteiger charge is 2.11. The molecule has 1 aromatic carbocycles. The molecule has 0 aliphatic heterocycles. The summed E-state index contributed by atoms with van der Waals surface area (Å²) >= 11 is 3.24. The second kappa shape index (κ2) is 6.15. The number of nitrogens with one attached hydrogen (secondary N) is 1. The summed E-state index contributed by atoms with van der Waals surface area (Å²) < 4.78 is 0.726. The van der Waals surface area contributed by atoms with Crippen molar-refractivity contribution < 1.29 is 14.7 Å². The first-order valence-corrected chi connectivity index (χ1v) is 6.51. The normalized spacial score (nSPS) is 9.71. The van der Waals surface area contributed by atoms with Gasteiger partial charge in [-0.1, -0.05) is 15.9 Å². The van der Waals surface area contributed by atoms with Crippen LogP contribution in [-0.2, 0) is 0 Å². The van der Waals surface area contributed by atoms with Crippen molar-refractivity contribution in [2.24, 2.45) is 0 Å². The van der Waals surface area contributed by atoms with Gasteiger partial charge in [-0.2, -0.15) is 5.26 Å². The number of carboxylic acids is 1. The van der Waals surface area contributed by atoms with E-state index in [1.807, 2.05) is 6.07 Å². The molecule has 2 aromatic rings. The van der Waals surface area contributed by atoms with E-state index >= 15 is 0 Å². The molecule has 0 aliphatic rings. The van der Waals surface area contributed by atoms with Crippen LogP contribution in [0.4, 0.5) is 5.69 Å². The number of anilines is 1. The molecule has 2 N–H and O–H groups in total. The predicted octanol–water partition coefficient (Wildman–Crippen LogP) is 2.67. The minimum absolute atomic E-state index is 0.145. The van der Waals surface area contributed by atoms with Crippen molar-refractivity contribution in [2.45, 2.75) is 0 Å². The number of aromatic nitrogens is 1. The average molecular weight is 346 g/mol. The Balaban J connectivity index is 2.22. The average Bonchev–Trinajstić information content (AvgIpc) is 2.49. The third-order valence-corrected chi connectivity index (χ3v) is 3.09. The molecule has 0 radical (unpaired) electrons. The number of carboxylic acid groups (broad SMARTS) is 1. The number of rotatable bonds is 3. The van der Waals surface area contributed by atoms with Gasteiger partial charge in [0.2, 0.25) is 0 Å². The maximum atomic E-state index is 12.0. The van der Waals surface area contributed by atoms with E-state index in [-0.39, 0.29) is 11.3 Å². The van der Waals surface area contributed by atoms with Crippen LogP contribution >= 0.6 is 15.9 Å². The number of pyridine rings is 1. The Hall–Kier alpha value is -2.72. The van der Waals surface area contributed by atoms with Crippen molar-refractivity contribution in [3.05, 3.63) is 57.8 Å². The molecule has 0 saturated carbocycles. The zero-order valence-electron chi connectivity index (χ0n) is 10.5. The SMILES string of the molecule is N#Cc1cc(Br)ccc1NC(=O)c1ccc(C(=O)O)nc1. The zero-order valence-corrected chi connectivity index (χ0v) is 12.1. The minimum Gasteiger partial charge on any atom is -0.477 e. The van der Waals surface area contributed by atoms with Gasteiger partial charge < -0.3 is 10.4 Å². The first-order valence-electron chi connectivity index (χ1n) is 5.71. The highest BCUT2D eigenvalue weighted by atomic mass is 79.9. The van der Waals surface area contributed by atoms with E-state index in [4.69, 9.17) is 10.4 Å². The summed E-state index contributed by atoms with van der Waals surface area (Å²) in [7, 11) is 0. The largest absolute Gasteiger partial charge is 0.477 e. The predicted molar refractivity (Wildman–Crippen MR) is 78.0 cm³/mol. The molecule has 0 aliphatic carbocycles. The molecule has 21 heavy (non-hydrogen) atoms. The van der Waals surface area contributed by atoms with Gasteiger partial charge in [0.05, 0.1) is 16.8 Å². The van der Waals surface area contributed by atoms with Crippen molar-refractivity contribution in [2.75, 3.05) is 5.32 Å². The Bertz CT molecular complexity index is 751. The summed E-state index contributed by atoms with van der Waals surface area (Å²) in [5.74, 6) is -1.64. The number of nitrogens with zero attached hydrogens (tertiary/aromatic N) is 2. The minimum atomic E-state index is -1.17. The van der Waals surface area contributed by atoms with Crippen LogP contribution < -0.4 is 5.32 Å². The van der Waals surface area contributed by atoms with Crippen molar-refractivity contribution in [1.82, 2.24) is 4.98 Å². The van der Waals surface area contributed by atoms with Gasteiger partial charge in [-0.05, 0) is 30.3 Å². The first-order chi connectivity index (χ1) is 10.0. The van der Waals surface area contributed by atoms with Crippen molar-refractivity contribution in [3.63, 3.8) is 0 Å². The Morgan fingerprint density at radius 1 is 1.29 bits per heavy atom. The highest BCUT2D eigenvalue weighted by molar-refractivity contribution is 9.10. The van der Waals surface area contributed by atoms with Crippen molar-refractivity contribution in [3.8, 4) is 6.07 Å². The van der Waals surface area contributed by atoms with E-state index < -0.39 is 11.9 Å². The van der Waals surface area contributed by atoms with Crippen molar-refractivity contribution >= 4 is 33.5 Å². The maximum absolute atomic E-state index is 12.0. The lowest BCUT2D eigenvalue weighted by Gasteiger charge is -2.07. The summed E-state index contributed by atoms with van der Waals surface area (Å²) in [5, 5.41) is 20.3. The monoisotopic (exact) mass is 345 g/mol. The number of carbonyl (C=O) groups excluding carboxylic acids is 1. The standard InChI is InChI=1S/C14H8BrN3O3/c15-10-2-4-11(9(5-10)6-16)18-13(19)8-1-3-12(14(20)21)17-7-8/h1-5,7H,(H,18,19)(H,20,21). The summed E-state index contributed by atoms with van der Waals surface area (Å²) in [4.78, 5) is 26.4. The Kier molecular flexibility index (Phi) is 4.30. The van der Waals surface area contributed by atoms with Gasteiger partial charge in [0.1, 0.15) is 11.8 Å². The Labute approximate surface area is 128 Å². The lowest BCUT2D eigenvalue weighted by Crippen LogP contribution is -2.14. The molecule has 0 unspecified atom stereocenters. The highest BCUT2D eigenvalue weighted by Crippen LogP contribution is 2.20. The van der Waals surface area contributed by atoms with E-state index in [2.05, 4.69) is 26.2 Å². The molecule has 1 amide bonds. The first kappa shape index (κ1) is 14.7. The van der Waals surface area contributed by atoms with Gasteiger partial charge in [-0.25, -0.2) is 9.78 Å². The van der Waals surface area contributed by atoms with Crippen LogP contribution in [0.15, 0.2) is 41.0 Å². The molecule has 104 valence electrons. The van der Waals surface area contributed by atoms with E-state index in [1.54, 1.807) is 18.2 Å². The molecule has 0 saturated heterocycles. The van der Waals surface area contributed by atoms with E-state index in [0.717, 1.165) is 4.47 Å². The lowest BCUT2D eigenvalue weighted by molar-refractivity contribution is 0.0690. The summed E-state index contributed by atoms with van der Waals surface area (Å²) in [6, 6.07) is 9.46. The lowest BCUT2D eigenvalue weighted by atomic mass is 10.2. The number of hydrogen-bond acceptors (Lipinski definition) is 4. The molecule has 0 bridgehead atoms. The van der Waals surface area contributed by atoms with Crippen LogP contribution in [0.25, 0.3) is 0 Å². The number of aromatic carboxylic acids is 1. The molecule has 6 nitrogen and oxygen atoms in total. The third-order valence-electron chi connectivity index (χ3n) is 2.60. The second-order valence-corrected chi connectivity index (χ2v) is 4.91. The Morgan fingerprint density at radius 3 is 2.62 bits per heavy atom. The number of benzene rings is 1. The summed E-state index contributed by atoms with van der Waals surface area (Å²) in [6.07, 6.45) is 1.17. The van der Waals surface area contributed by atoms with Crippen LogP contribution in [0.2, 0.25) is 0 Å². The second-order valence-electron chi connectivity index (χ2n) is 3.99. The quantitative estimate of drug-likeness (QED) is 0.889. The fourth-order valence-electron chi connectivity index (χ4n) is 1.57. The smallest absolute Gasteiger partial charge is 0.354 e. The Morgan fingerprint density at radius 2 is 2.05 bits per heavy atom. The molecule has 7 heteroatoms. The number of carbonyl (C=O) groups is 2. The van der Waals surface area contributed by atoms with Gasteiger partial charge in [0.15, 0.2) is 0 Å². The number of halogens is 1. The van der Waals surface area contributed by atoms with E-state index in [9.17, 15) is 9.59 Å². The molecular weight excluding hydrogens is 338 g/mol. The van der Waals surface area contributed by atoms with E-state index in [0.29, 0.717) is 11.3 Å². The van der Waals surface area contributed by atoms with Gasteiger partial charge in [0.25, 0.3) is 5.91 Å². The summed E-state index contributed by atoms with van der Waals surface area (Å²) in [6.45, 7) is 0. The van der Waals surface area contributed by atoms with Crippen LogP contribution in [0.3, 0.4) is 0 Å². The number of hydrogen-bond donors (Lipinski definition) is 2. The van der Waals surface area contributed by atoms with Crippen LogP contribution in [0, 0.1) is 11.3 Å². The molecule has 2 rings (SSSR count). The van der Waals surface area contributed by atoms with Gasteiger partial charge in [-0.3, -0.25) is 4.79 Å². The van der Waals surface area contributed by atoms with Crippen LogP contribution in [-0.4, -0.2) is 22.0 Å². The molecule has 1 aromatic heterocycles. The third kappa shape index (κ3) is 3.43. The molecule has 0 spiro atoms. The van der Waals surface area contributed by atoms with Crippen molar-refractivity contribution in [1.29, 1.82) is 5.26 Å². The van der Waals surface area contributed by atoms with Crippen LogP contribution in [0.1, 0.15) is 26.4 Å². The van der Waals surface area contributed by atoms with Gasteiger partial charge in [0, 0.05) is 10.7 Å². The number of amides is 1.